The summed E-state index contributed by atoms with van der Waals surface area (Å²) in [6, 6.07) is 3.94. The maximum atomic E-state index is 14.7. The van der Waals surface area contributed by atoms with E-state index in [9.17, 15) is 27.0 Å². The lowest BCUT2D eigenvalue weighted by Crippen LogP contribution is -2.43. The smallest absolute Gasteiger partial charge is 0.414 e. The van der Waals surface area contributed by atoms with E-state index in [4.69, 9.17) is 4.74 Å². The Morgan fingerprint density at radius 2 is 2.11 bits per heavy atom. The lowest BCUT2D eigenvalue weighted by atomic mass is 10.2. The Labute approximate surface area is 161 Å². The first-order valence-corrected chi connectivity index (χ1v) is 10.0. The number of nitrogens with zero attached hydrogens (tertiary/aromatic N) is 3. The normalized spacial score (nSPS) is 23.2. The fourth-order valence-corrected chi connectivity index (χ4v) is 4.45. The molecule has 2 atom stereocenters. The van der Waals surface area contributed by atoms with Crippen molar-refractivity contribution in [2.45, 2.75) is 18.5 Å². The minimum atomic E-state index is -4.45. The number of rotatable bonds is 5. The first-order valence-electron chi connectivity index (χ1n) is 8.53. The molecule has 10 nitrogen and oxygen atoms in total. The van der Waals surface area contributed by atoms with Gasteiger partial charge in [0, 0.05) is 20.0 Å². The van der Waals surface area contributed by atoms with Gasteiger partial charge in [-0.05, 0) is 25.2 Å². The van der Waals surface area contributed by atoms with Gasteiger partial charge in [-0.1, -0.05) is 0 Å². The van der Waals surface area contributed by atoms with Crippen LogP contribution >= 0.6 is 0 Å². The second kappa shape index (κ2) is 7.53. The highest BCUT2D eigenvalue weighted by atomic mass is 32.2. The average molecular weight is 416 g/mol. The third kappa shape index (κ3) is 4.03. The van der Waals surface area contributed by atoms with Gasteiger partial charge in [-0.2, -0.15) is 8.42 Å². The van der Waals surface area contributed by atoms with Crippen LogP contribution in [0.3, 0.4) is 0 Å². The summed E-state index contributed by atoms with van der Waals surface area (Å²) in [7, 11) is -2.94. The van der Waals surface area contributed by atoms with Crippen molar-refractivity contribution in [1.82, 2.24) is 10.2 Å². The second-order valence-corrected chi connectivity index (χ2v) is 8.16. The van der Waals surface area contributed by atoms with Crippen LogP contribution in [0.1, 0.15) is 6.92 Å². The minimum absolute atomic E-state index is 0.00177. The molecule has 154 valence electrons. The number of likely N-dealkylation sites (N-methyl/N-ethyl adjacent to an activating group) is 1. The lowest BCUT2D eigenvalue weighted by molar-refractivity contribution is -0.119. The molecule has 1 aromatic carbocycles. The summed E-state index contributed by atoms with van der Waals surface area (Å²) in [5.41, 5.74) is -1.14. The zero-order chi connectivity index (χ0) is 20.6. The minimum Gasteiger partial charge on any atom is -0.442 e. The van der Waals surface area contributed by atoms with Crippen molar-refractivity contribution in [2.75, 3.05) is 43.0 Å². The summed E-state index contributed by atoms with van der Waals surface area (Å²) >= 11 is 0. The van der Waals surface area contributed by atoms with Crippen molar-refractivity contribution in [3.63, 3.8) is 0 Å². The monoisotopic (exact) mass is 416 g/mol. The Kier molecular flexibility index (Phi) is 5.46. The topological polar surface area (TPSA) is 119 Å². The van der Waals surface area contributed by atoms with Crippen LogP contribution in [0.5, 0.6) is 0 Å². The molecule has 0 aliphatic carbocycles. The largest absolute Gasteiger partial charge is 0.442 e. The summed E-state index contributed by atoms with van der Waals surface area (Å²) in [6.07, 6.45) is -1.23. The van der Waals surface area contributed by atoms with E-state index in [-0.39, 0.29) is 36.9 Å². The maximum absolute atomic E-state index is 14.7. The Bertz CT molecular complexity index is 895. The van der Waals surface area contributed by atoms with Crippen LogP contribution in [0.2, 0.25) is 0 Å². The predicted octanol–water partition coefficient (Wildman–Crippen LogP) is 0.210. The van der Waals surface area contributed by atoms with Gasteiger partial charge in [-0.25, -0.2) is 9.18 Å². The van der Waals surface area contributed by atoms with E-state index in [1.807, 2.05) is 0 Å². The Morgan fingerprint density at radius 3 is 2.71 bits per heavy atom. The van der Waals surface area contributed by atoms with Crippen molar-refractivity contribution >= 4 is 33.5 Å². The summed E-state index contributed by atoms with van der Waals surface area (Å²) < 4.78 is 52.7. The third-order valence-electron chi connectivity index (χ3n) is 4.61. The molecule has 2 aliphatic heterocycles. The molecular weight excluding hydrogens is 395 g/mol. The molecule has 0 bridgehead atoms. The number of cyclic esters (lactones) is 1. The molecular formula is C16H21FN4O6S. The van der Waals surface area contributed by atoms with Gasteiger partial charge in [0.05, 0.1) is 24.5 Å². The maximum Gasteiger partial charge on any atom is 0.414 e. The molecule has 0 radical (unpaired) electrons. The number of ether oxygens (including phenoxy) is 1. The quantitative estimate of drug-likeness (QED) is 0.654. The van der Waals surface area contributed by atoms with Crippen molar-refractivity contribution in [3.8, 4) is 0 Å². The number of hydrogen-bond acceptors (Lipinski definition) is 7. The Hall–Kier alpha value is -2.44. The predicted molar refractivity (Wildman–Crippen MR) is 98.0 cm³/mol. The molecule has 0 spiro atoms. The molecule has 0 saturated carbocycles. The standard InChI is InChI=1S/C16H21FN4O6S/c1-10(22)18-8-12-9-21(16(23)27-12)11-3-4-14(13(17)7-11)20-6-5-19(2)15(20)28(24,25)26/h3-4,7,12,15H,5-6,8-9H2,1-2H3,(H,18,22)(H,24,25,26)/t12-,15?/m0/s1. The van der Waals surface area contributed by atoms with Crippen molar-refractivity contribution in [2.24, 2.45) is 0 Å². The SMILES string of the molecule is CC(=O)NC[C@H]1CN(c2ccc(N3CCN(C)C3S(=O)(=O)O)c(F)c2)C(=O)O1. The van der Waals surface area contributed by atoms with Gasteiger partial charge in [0.25, 0.3) is 0 Å². The van der Waals surface area contributed by atoms with E-state index in [0.29, 0.717) is 6.54 Å². The number of anilines is 2. The van der Waals surface area contributed by atoms with Crippen LogP contribution in [-0.4, -0.2) is 74.7 Å². The Balaban J connectivity index is 1.79. The van der Waals surface area contributed by atoms with E-state index in [2.05, 4.69) is 5.32 Å². The molecule has 1 aromatic rings. The number of carbonyl (C=O) groups is 2. The first kappa shape index (κ1) is 20.3. The number of nitrogens with one attached hydrogen (secondary N) is 1. The van der Waals surface area contributed by atoms with Crippen LogP contribution in [0.4, 0.5) is 20.6 Å². The third-order valence-corrected chi connectivity index (χ3v) is 5.76. The summed E-state index contributed by atoms with van der Waals surface area (Å²) in [6.45, 7) is 2.17. The van der Waals surface area contributed by atoms with Crippen molar-refractivity contribution in [1.29, 1.82) is 0 Å². The molecule has 28 heavy (non-hydrogen) atoms. The molecule has 1 unspecified atom stereocenters. The summed E-state index contributed by atoms with van der Waals surface area (Å²) in [5.74, 6) is -0.992. The highest BCUT2D eigenvalue weighted by molar-refractivity contribution is 7.86. The lowest BCUT2D eigenvalue weighted by Gasteiger charge is -2.27. The highest BCUT2D eigenvalue weighted by Crippen LogP contribution is 2.32. The van der Waals surface area contributed by atoms with Crippen molar-refractivity contribution < 1.29 is 31.7 Å². The van der Waals surface area contributed by atoms with E-state index in [1.54, 1.807) is 0 Å². The molecule has 2 fully saturated rings. The fraction of sp³-hybridized carbons (Fsp3) is 0.500. The second-order valence-electron chi connectivity index (χ2n) is 6.70. The van der Waals surface area contributed by atoms with E-state index < -0.39 is 33.6 Å². The number of amides is 2. The average Bonchev–Trinajstić information content (AvgIpc) is 3.15. The number of halogens is 1. The molecule has 3 rings (SSSR count). The van der Waals surface area contributed by atoms with Crippen molar-refractivity contribution in [3.05, 3.63) is 24.0 Å². The molecule has 2 amide bonds. The molecule has 2 aliphatic rings. The fourth-order valence-electron chi connectivity index (χ4n) is 3.34. The van der Waals surface area contributed by atoms with E-state index in [0.717, 1.165) is 6.07 Å². The summed E-state index contributed by atoms with van der Waals surface area (Å²) in [4.78, 5) is 26.9. The van der Waals surface area contributed by atoms with Gasteiger partial charge in [-0.3, -0.25) is 19.1 Å². The van der Waals surface area contributed by atoms with Crippen LogP contribution in [0.25, 0.3) is 0 Å². The summed E-state index contributed by atoms with van der Waals surface area (Å²) in [5, 5.41) is 2.55. The van der Waals surface area contributed by atoms with Crippen LogP contribution < -0.4 is 15.1 Å². The highest BCUT2D eigenvalue weighted by Gasteiger charge is 2.40. The number of hydrogen-bond donors (Lipinski definition) is 2. The molecule has 0 aromatic heterocycles. The van der Waals surface area contributed by atoms with E-state index >= 15 is 0 Å². The number of carbonyl (C=O) groups excluding carboxylic acids is 2. The molecule has 2 heterocycles. The van der Waals surface area contributed by atoms with Crippen LogP contribution in [0, 0.1) is 5.82 Å². The van der Waals surface area contributed by atoms with Gasteiger partial charge in [0.2, 0.25) is 11.4 Å². The zero-order valence-corrected chi connectivity index (χ0v) is 16.1. The first-order chi connectivity index (χ1) is 13.1. The van der Waals surface area contributed by atoms with Gasteiger partial charge in [0.1, 0.15) is 11.9 Å². The van der Waals surface area contributed by atoms with Gasteiger partial charge in [0.15, 0.2) is 0 Å². The van der Waals surface area contributed by atoms with Gasteiger partial charge in [-0.15, -0.1) is 0 Å². The Morgan fingerprint density at radius 1 is 1.39 bits per heavy atom. The van der Waals surface area contributed by atoms with Gasteiger partial charge < -0.3 is 15.0 Å². The zero-order valence-electron chi connectivity index (χ0n) is 15.3. The van der Waals surface area contributed by atoms with Crippen LogP contribution in [-0.2, 0) is 19.6 Å². The van der Waals surface area contributed by atoms with Crippen LogP contribution in [0.15, 0.2) is 18.2 Å². The molecule has 12 heteroatoms. The molecule has 2 N–H and O–H groups in total. The molecule has 2 saturated heterocycles. The van der Waals surface area contributed by atoms with Gasteiger partial charge >= 0.3 is 16.2 Å². The number of benzene rings is 1. The van der Waals surface area contributed by atoms with E-state index in [1.165, 1.54) is 40.8 Å².